The second-order valence-corrected chi connectivity index (χ2v) is 5.33. The number of amides is 1. The lowest BCUT2D eigenvalue weighted by Gasteiger charge is -2.04. The monoisotopic (exact) mass is 341 g/mol. The predicted octanol–water partition coefficient (Wildman–Crippen LogP) is 2.56. The van der Waals surface area contributed by atoms with Crippen molar-refractivity contribution >= 4 is 45.0 Å². The van der Waals surface area contributed by atoms with Crippen molar-refractivity contribution in [2.75, 3.05) is 5.32 Å². The first-order valence-corrected chi connectivity index (χ1v) is 6.77. The second kappa shape index (κ2) is 5.45. The lowest BCUT2D eigenvalue weighted by molar-refractivity contribution is 0.0691. The number of rotatable bonds is 3. The van der Waals surface area contributed by atoms with Crippen molar-refractivity contribution in [3.05, 3.63) is 38.4 Å². The zero-order valence-corrected chi connectivity index (χ0v) is 12.1. The molecule has 0 radical (unpaired) electrons. The highest BCUT2D eigenvalue weighted by atomic mass is 79.9. The van der Waals surface area contributed by atoms with E-state index >= 15 is 0 Å². The average Bonchev–Trinajstić information content (AvgIpc) is 2.83. The minimum Gasteiger partial charge on any atom is -0.476 e. The van der Waals surface area contributed by atoms with Crippen LogP contribution in [0.4, 0.5) is 5.82 Å². The van der Waals surface area contributed by atoms with Crippen LogP contribution in [0.1, 0.15) is 25.9 Å². The van der Waals surface area contributed by atoms with Crippen molar-refractivity contribution in [2.24, 2.45) is 0 Å². The van der Waals surface area contributed by atoms with Crippen LogP contribution in [0.5, 0.6) is 0 Å². The number of anilines is 1. The van der Waals surface area contributed by atoms with Gasteiger partial charge in [-0.25, -0.2) is 14.8 Å². The Hall–Kier alpha value is -1.80. The number of aryl methyl sites for hydroxylation is 1. The number of pyridine rings is 1. The van der Waals surface area contributed by atoms with E-state index in [9.17, 15) is 9.59 Å². The number of aromatic carboxylic acids is 1. The van der Waals surface area contributed by atoms with Gasteiger partial charge >= 0.3 is 5.97 Å². The molecule has 1 amide bonds. The minimum atomic E-state index is -1.16. The molecule has 6 nitrogen and oxygen atoms in total. The molecule has 0 saturated heterocycles. The van der Waals surface area contributed by atoms with E-state index in [4.69, 9.17) is 5.11 Å². The smallest absolute Gasteiger partial charge is 0.355 e. The van der Waals surface area contributed by atoms with E-state index < -0.39 is 11.9 Å². The molecule has 2 N–H and O–H groups in total. The Bertz CT molecular complexity index is 656. The van der Waals surface area contributed by atoms with Gasteiger partial charge in [0.1, 0.15) is 5.82 Å². The zero-order valence-electron chi connectivity index (χ0n) is 9.68. The molecule has 8 heteroatoms. The lowest BCUT2D eigenvalue weighted by Crippen LogP contribution is -2.13. The van der Waals surface area contributed by atoms with Crippen molar-refractivity contribution in [3.8, 4) is 0 Å². The molecule has 0 unspecified atom stereocenters. The van der Waals surface area contributed by atoms with Gasteiger partial charge in [0.15, 0.2) is 10.7 Å². The van der Waals surface area contributed by atoms with E-state index in [1.54, 1.807) is 12.3 Å². The molecule has 0 aliphatic heterocycles. The van der Waals surface area contributed by atoms with Crippen LogP contribution >= 0.6 is 27.3 Å². The number of nitrogens with one attached hydrogen (secondary N) is 1. The van der Waals surface area contributed by atoms with Gasteiger partial charge < -0.3 is 10.4 Å². The summed E-state index contributed by atoms with van der Waals surface area (Å²) in [5, 5.41) is 12.7. The Morgan fingerprint density at radius 3 is 2.79 bits per heavy atom. The average molecular weight is 342 g/mol. The third-order valence-electron chi connectivity index (χ3n) is 2.21. The number of halogens is 1. The summed E-state index contributed by atoms with van der Waals surface area (Å²) < 4.78 is 0.841. The van der Waals surface area contributed by atoms with Gasteiger partial charge in [0.2, 0.25) is 0 Å². The van der Waals surface area contributed by atoms with Gasteiger partial charge in [0.25, 0.3) is 5.91 Å². The minimum absolute atomic E-state index is 0.0831. The highest BCUT2D eigenvalue weighted by molar-refractivity contribution is 9.10. The van der Waals surface area contributed by atoms with Crippen LogP contribution in [0.2, 0.25) is 0 Å². The second-order valence-electron chi connectivity index (χ2n) is 3.62. The van der Waals surface area contributed by atoms with E-state index in [-0.39, 0.29) is 10.7 Å². The van der Waals surface area contributed by atoms with Gasteiger partial charge in [-0.2, -0.15) is 0 Å². The van der Waals surface area contributed by atoms with Crippen molar-refractivity contribution in [1.29, 1.82) is 0 Å². The Labute approximate surface area is 120 Å². The summed E-state index contributed by atoms with van der Waals surface area (Å²) in [7, 11) is 0. The first-order chi connectivity index (χ1) is 8.97. The molecule has 2 aromatic rings. The van der Waals surface area contributed by atoms with E-state index in [2.05, 4.69) is 31.2 Å². The predicted molar refractivity (Wildman–Crippen MR) is 73.7 cm³/mol. The number of hydrogen-bond donors (Lipinski definition) is 2. The van der Waals surface area contributed by atoms with Crippen LogP contribution in [-0.2, 0) is 0 Å². The molecule has 98 valence electrons. The summed E-state index contributed by atoms with van der Waals surface area (Å²) in [6.07, 6.45) is 1.58. The molecular formula is C11H8BrN3O3S. The maximum absolute atomic E-state index is 11.8. The normalized spacial score (nSPS) is 10.2. The maximum atomic E-state index is 11.8. The van der Waals surface area contributed by atoms with E-state index in [1.165, 1.54) is 5.38 Å². The number of nitrogens with zero attached hydrogens (tertiary/aromatic N) is 2. The summed E-state index contributed by atoms with van der Waals surface area (Å²) in [6, 6.07) is 1.70. The number of aromatic nitrogens is 2. The van der Waals surface area contributed by atoms with E-state index in [0.717, 1.165) is 21.4 Å². The fraction of sp³-hybridized carbons (Fsp3) is 0.0909. The quantitative estimate of drug-likeness (QED) is 0.894. The topological polar surface area (TPSA) is 92.2 Å². The highest BCUT2D eigenvalue weighted by Gasteiger charge is 2.15. The van der Waals surface area contributed by atoms with Crippen LogP contribution in [0.25, 0.3) is 0 Å². The van der Waals surface area contributed by atoms with Crippen LogP contribution in [0.15, 0.2) is 22.1 Å². The SMILES string of the molecule is Cc1cc(NC(=O)c2nc(C(=O)O)cs2)ncc1Br. The third-order valence-corrected chi connectivity index (χ3v) is 3.88. The lowest BCUT2D eigenvalue weighted by atomic mass is 10.3. The molecular weight excluding hydrogens is 334 g/mol. The molecule has 0 spiro atoms. The Balaban J connectivity index is 2.15. The molecule has 0 bridgehead atoms. The number of carboxylic acid groups (broad SMARTS) is 1. The van der Waals surface area contributed by atoms with E-state index in [0.29, 0.717) is 5.82 Å². The van der Waals surface area contributed by atoms with Crippen molar-refractivity contribution < 1.29 is 14.7 Å². The van der Waals surface area contributed by atoms with Gasteiger partial charge in [-0.1, -0.05) is 0 Å². The summed E-state index contributed by atoms with van der Waals surface area (Å²) in [5.41, 5.74) is 0.783. The molecule has 2 rings (SSSR count). The molecule has 0 aliphatic carbocycles. The Kier molecular flexibility index (Phi) is 3.91. The van der Waals surface area contributed by atoms with E-state index in [1.807, 2.05) is 6.92 Å². The van der Waals surface area contributed by atoms with Crippen LogP contribution in [0.3, 0.4) is 0 Å². The summed E-state index contributed by atoms with van der Waals surface area (Å²) in [6.45, 7) is 1.87. The van der Waals surface area contributed by atoms with Crippen molar-refractivity contribution in [2.45, 2.75) is 6.92 Å². The number of carbonyl (C=O) groups excluding carboxylic acids is 1. The van der Waals surface area contributed by atoms with Crippen LogP contribution in [-0.4, -0.2) is 27.0 Å². The number of hydrogen-bond acceptors (Lipinski definition) is 5. The number of carbonyl (C=O) groups is 2. The molecule has 2 heterocycles. The van der Waals surface area contributed by atoms with Crippen LogP contribution < -0.4 is 5.32 Å². The highest BCUT2D eigenvalue weighted by Crippen LogP contribution is 2.18. The molecule has 0 fully saturated rings. The van der Waals surface area contributed by atoms with Crippen LogP contribution in [0, 0.1) is 6.92 Å². The van der Waals surface area contributed by atoms with Crippen molar-refractivity contribution in [3.63, 3.8) is 0 Å². The molecule has 19 heavy (non-hydrogen) atoms. The largest absolute Gasteiger partial charge is 0.476 e. The molecule has 0 atom stereocenters. The molecule has 2 aromatic heterocycles. The number of carboxylic acids is 1. The molecule has 0 aliphatic rings. The maximum Gasteiger partial charge on any atom is 0.355 e. The fourth-order valence-electron chi connectivity index (χ4n) is 1.25. The summed E-state index contributed by atoms with van der Waals surface area (Å²) >= 11 is 4.28. The Morgan fingerprint density at radius 1 is 1.47 bits per heavy atom. The first kappa shape index (κ1) is 13.6. The van der Waals surface area contributed by atoms with Gasteiger partial charge in [-0.15, -0.1) is 11.3 Å². The third kappa shape index (κ3) is 3.15. The summed E-state index contributed by atoms with van der Waals surface area (Å²) in [5.74, 6) is -1.25. The van der Waals surface area contributed by atoms with Crippen molar-refractivity contribution in [1.82, 2.24) is 9.97 Å². The standard InChI is InChI=1S/C11H8BrN3O3S/c1-5-2-8(13-3-6(5)12)15-9(16)10-14-7(4-19-10)11(17)18/h2-4H,1H3,(H,17,18)(H,13,15,16). The van der Waals surface area contributed by atoms with Gasteiger partial charge in [0, 0.05) is 16.0 Å². The fourth-order valence-corrected chi connectivity index (χ4v) is 2.16. The van der Waals surface area contributed by atoms with Gasteiger partial charge in [-0.3, -0.25) is 4.79 Å². The molecule has 0 aromatic carbocycles. The summed E-state index contributed by atoms with van der Waals surface area (Å²) in [4.78, 5) is 30.3. The number of thiazole rings is 1. The zero-order chi connectivity index (χ0) is 14.0. The first-order valence-electron chi connectivity index (χ1n) is 5.09. The van der Waals surface area contributed by atoms with Gasteiger partial charge in [-0.05, 0) is 34.5 Å². The van der Waals surface area contributed by atoms with Gasteiger partial charge in [0.05, 0.1) is 0 Å². The Morgan fingerprint density at radius 2 is 2.21 bits per heavy atom. The molecule has 0 saturated carbocycles.